The Kier molecular flexibility index (Phi) is 4.72. The summed E-state index contributed by atoms with van der Waals surface area (Å²) in [4.78, 5) is 10.6. The van der Waals surface area contributed by atoms with Crippen molar-refractivity contribution >= 4 is 11.3 Å². The van der Waals surface area contributed by atoms with Crippen LogP contribution in [0.3, 0.4) is 0 Å². The van der Waals surface area contributed by atoms with Crippen molar-refractivity contribution in [3.63, 3.8) is 0 Å². The molecule has 4 heteroatoms. The van der Waals surface area contributed by atoms with Crippen molar-refractivity contribution in [2.24, 2.45) is 0 Å². The van der Waals surface area contributed by atoms with Gasteiger partial charge < -0.3 is 14.6 Å². The van der Waals surface area contributed by atoms with Crippen LogP contribution >= 0.6 is 0 Å². The van der Waals surface area contributed by atoms with E-state index in [4.69, 9.17) is 4.84 Å². The first-order valence-corrected chi connectivity index (χ1v) is 8.99. The molecule has 0 aliphatic carbocycles. The summed E-state index contributed by atoms with van der Waals surface area (Å²) in [5.74, 6) is 1.03. The first-order chi connectivity index (χ1) is 12.3. The first-order valence-electron chi connectivity index (χ1n) is 8.99. The van der Waals surface area contributed by atoms with Gasteiger partial charge in [0.15, 0.2) is 0 Å². The number of hydrogen-bond donors (Lipinski definition) is 1. The van der Waals surface area contributed by atoms with Gasteiger partial charge in [-0.15, -0.1) is 0 Å². The van der Waals surface area contributed by atoms with E-state index in [2.05, 4.69) is 70.9 Å². The van der Waals surface area contributed by atoms with E-state index >= 15 is 0 Å². The lowest BCUT2D eigenvalue weighted by atomic mass is 10.0. The molecule has 0 atom stereocenters. The molecule has 2 aromatic rings. The standard InChI is InChI=1S/C21H25N3O/c1-23-10-12-24(13-11-23)19-9-5-8-18(15-19)20-16-22-25-21(20)14-17-6-3-2-4-7-17/h2-9,15,22H,10-14,16H2,1H3. The monoisotopic (exact) mass is 335 g/mol. The fraction of sp³-hybridized carbons (Fsp3) is 0.333. The van der Waals surface area contributed by atoms with Gasteiger partial charge in [-0.1, -0.05) is 42.5 Å². The predicted octanol–water partition coefficient (Wildman–Crippen LogP) is 2.93. The Morgan fingerprint density at radius 1 is 0.960 bits per heavy atom. The van der Waals surface area contributed by atoms with Gasteiger partial charge in [0.2, 0.25) is 0 Å². The molecule has 2 aliphatic heterocycles. The molecule has 0 saturated carbocycles. The zero-order valence-electron chi connectivity index (χ0n) is 14.7. The Morgan fingerprint density at radius 2 is 1.76 bits per heavy atom. The Labute approximate surface area is 149 Å². The summed E-state index contributed by atoms with van der Waals surface area (Å²) in [5, 5.41) is 0. The number of anilines is 1. The maximum Gasteiger partial charge on any atom is 0.133 e. The molecule has 0 spiro atoms. The van der Waals surface area contributed by atoms with Gasteiger partial charge in [0.05, 0.1) is 6.54 Å². The fourth-order valence-electron chi connectivity index (χ4n) is 3.50. The number of nitrogens with zero attached hydrogens (tertiary/aromatic N) is 2. The van der Waals surface area contributed by atoms with Crippen LogP contribution in [-0.2, 0) is 11.3 Å². The van der Waals surface area contributed by atoms with Crippen molar-refractivity contribution in [3.05, 3.63) is 71.5 Å². The Hall–Kier alpha value is -2.30. The quantitative estimate of drug-likeness (QED) is 0.930. The van der Waals surface area contributed by atoms with E-state index in [1.165, 1.54) is 22.4 Å². The lowest BCUT2D eigenvalue weighted by molar-refractivity contribution is 0.135. The number of hydroxylamine groups is 1. The summed E-state index contributed by atoms with van der Waals surface area (Å²) in [6, 6.07) is 19.4. The van der Waals surface area contributed by atoms with Gasteiger partial charge in [0.25, 0.3) is 0 Å². The van der Waals surface area contributed by atoms with Crippen LogP contribution in [0.1, 0.15) is 11.1 Å². The minimum Gasteiger partial charge on any atom is -0.412 e. The lowest BCUT2D eigenvalue weighted by Gasteiger charge is -2.34. The summed E-state index contributed by atoms with van der Waals surface area (Å²) in [7, 11) is 2.19. The molecule has 0 bridgehead atoms. The van der Waals surface area contributed by atoms with Crippen LogP contribution in [0.15, 0.2) is 60.4 Å². The van der Waals surface area contributed by atoms with Crippen molar-refractivity contribution in [1.29, 1.82) is 0 Å². The molecule has 1 saturated heterocycles. The van der Waals surface area contributed by atoms with Gasteiger partial charge in [-0.25, -0.2) is 0 Å². The van der Waals surface area contributed by atoms with E-state index in [1.54, 1.807) is 0 Å². The molecule has 2 aliphatic rings. The third-order valence-electron chi connectivity index (χ3n) is 5.05. The van der Waals surface area contributed by atoms with Gasteiger partial charge in [-0.3, -0.25) is 0 Å². The van der Waals surface area contributed by atoms with Gasteiger partial charge >= 0.3 is 0 Å². The zero-order valence-corrected chi connectivity index (χ0v) is 14.7. The molecular weight excluding hydrogens is 310 g/mol. The second-order valence-electron chi connectivity index (χ2n) is 6.83. The normalized spacial score (nSPS) is 18.5. The van der Waals surface area contributed by atoms with Crippen molar-refractivity contribution in [1.82, 2.24) is 10.4 Å². The van der Waals surface area contributed by atoms with Crippen LogP contribution in [0.4, 0.5) is 5.69 Å². The van der Waals surface area contributed by atoms with E-state index < -0.39 is 0 Å². The van der Waals surface area contributed by atoms with Gasteiger partial charge in [0.1, 0.15) is 5.76 Å². The number of rotatable bonds is 4. The molecule has 1 N–H and O–H groups in total. The van der Waals surface area contributed by atoms with Crippen LogP contribution in [0.2, 0.25) is 0 Å². The Morgan fingerprint density at radius 3 is 2.56 bits per heavy atom. The first kappa shape index (κ1) is 16.2. The number of hydrogen-bond acceptors (Lipinski definition) is 4. The lowest BCUT2D eigenvalue weighted by Crippen LogP contribution is -2.44. The van der Waals surface area contributed by atoms with Crippen molar-refractivity contribution in [2.75, 3.05) is 44.7 Å². The van der Waals surface area contributed by atoms with E-state index in [1.807, 2.05) is 6.07 Å². The van der Waals surface area contributed by atoms with Crippen molar-refractivity contribution < 1.29 is 4.84 Å². The molecule has 0 amide bonds. The highest BCUT2D eigenvalue weighted by Crippen LogP contribution is 2.28. The van der Waals surface area contributed by atoms with Crippen molar-refractivity contribution in [3.8, 4) is 0 Å². The summed E-state index contributed by atoms with van der Waals surface area (Å²) >= 11 is 0. The van der Waals surface area contributed by atoms with Gasteiger partial charge in [-0.05, 0) is 30.3 Å². The van der Waals surface area contributed by atoms with Gasteiger partial charge in [-0.2, -0.15) is 5.48 Å². The maximum absolute atomic E-state index is 5.73. The second-order valence-corrected chi connectivity index (χ2v) is 6.83. The second kappa shape index (κ2) is 7.30. The average Bonchev–Trinajstić information content (AvgIpc) is 3.11. The van der Waals surface area contributed by atoms with Crippen LogP contribution in [0.25, 0.3) is 5.57 Å². The molecule has 4 rings (SSSR count). The van der Waals surface area contributed by atoms with Crippen molar-refractivity contribution in [2.45, 2.75) is 6.42 Å². The average molecular weight is 335 g/mol. The molecule has 130 valence electrons. The summed E-state index contributed by atoms with van der Waals surface area (Å²) in [6.45, 7) is 5.18. The maximum atomic E-state index is 5.73. The summed E-state index contributed by atoms with van der Waals surface area (Å²) in [5.41, 5.74) is 8.15. The number of nitrogens with one attached hydrogen (secondary N) is 1. The molecule has 0 aromatic heterocycles. The van der Waals surface area contributed by atoms with E-state index in [9.17, 15) is 0 Å². The predicted molar refractivity (Wildman–Crippen MR) is 102 cm³/mol. The number of benzene rings is 2. The largest absolute Gasteiger partial charge is 0.412 e. The van der Waals surface area contributed by atoms with E-state index in [0.717, 1.165) is 44.9 Å². The molecular formula is C21H25N3O. The summed E-state index contributed by atoms with van der Waals surface area (Å²) < 4.78 is 0. The smallest absolute Gasteiger partial charge is 0.133 e. The molecule has 1 fully saturated rings. The highest BCUT2D eigenvalue weighted by Gasteiger charge is 2.20. The minimum absolute atomic E-state index is 0.758. The van der Waals surface area contributed by atoms with E-state index in [-0.39, 0.29) is 0 Å². The molecule has 2 aromatic carbocycles. The summed E-state index contributed by atoms with van der Waals surface area (Å²) in [6.07, 6.45) is 0.821. The molecule has 4 nitrogen and oxygen atoms in total. The fourth-order valence-corrected chi connectivity index (χ4v) is 3.50. The highest BCUT2D eigenvalue weighted by molar-refractivity contribution is 5.73. The molecule has 0 radical (unpaired) electrons. The topological polar surface area (TPSA) is 27.7 Å². The third kappa shape index (κ3) is 3.70. The van der Waals surface area contributed by atoms with Crippen LogP contribution in [0.5, 0.6) is 0 Å². The minimum atomic E-state index is 0.758. The highest BCUT2D eigenvalue weighted by atomic mass is 16.7. The number of allylic oxidation sites excluding steroid dienone is 1. The molecule has 2 heterocycles. The van der Waals surface area contributed by atoms with Gasteiger partial charge in [0, 0.05) is 43.9 Å². The SMILES string of the molecule is CN1CCN(c2cccc(C3=C(Cc4ccccc4)ONC3)c2)CC1. The van der Waals surface area contributed by atoms with E-state index in [0.29, 0.717) is 0 Å². The van der Waals surface area contributed by atoms with Crippen LogP contribution in [-0.4, -0.2) is 44.7 Å². The van der Waals surface area contributed by atoms with Crippen LogP contribution in [0, 0.1) is 0 Å². The molecule has 0 unspecified atom stereocenters. The Bertz CT molecular complexity index is 749. The van der Waals surface area contributed by atoms with Crippen LogP contribution < -0.4 is 10.4 Å². The number of likely N-dealkylation sites (N-methyl/N-ethyl adjacent to an activating group) is 1. The molecule has 25 heavy (non-hydrogen) atoms. The Balaban J connectivity index is 1.58. The zero-order chi connectivity index (χ0) is 17.1. The number of piperazine rings is 1. The third-order valence-corrected chi connectivity index (χ3v) is 5.05.